The molecule has 0 saturated carbocycles. The standard InChI is InChI=1S/C23H27NO3/c1-5-16-6-8-17(9-7-16)22(14(2)3)24-13-18-12-21(26)27-23-15(4)20(25)11-10-19(18)23/h6-12,14,22,24-25H,5,13H2,1-4H3/p+1/t22-/m1/s1. The van der Waals surface area contributed by atoms with Crippen LogP contribution in [-0.2, 0) is 13.0 Å². The largest absolute Gasteiger partial charge is 0.508 e. The van der Waals surface area contributed by atoms with E-state index in [0.29, 0.717) is 29.7 Å². The van der Waals surface area contributed by atoms with Crippen LogP contribution in [0.3, 0.4) is 0 Å². The molecule has 142 valence electrons. The molecule has 1 atom stereocenters. The molecule has 1 aromatic heterocycles. The Balaban J connectivity index is 1.91. The molecule has 0 fully saturated rings. The summed E-state index contributed by atoms with van der Waals surface area (Å²) in [6.45, 7) is 9.03. The zero-order valence-corrected chi connectivity index (χ0v) is 16.5. The molecule has 0 saturated heterocycles. The number of phenols is 1. The summed E-state index contributed by atoms with van der Waals surface area (Å²) in [5.41, 5.74) is 4.25. The normalized spacial score (nSPS) is 12.6. The van der Waals surface area contributed by atoms with E-state index in [1.54, 1.807) is 19.1 Å². The molecule has 1 heterocycles. The summed E-state index contributed by atoms with van der Waals surface area (Å²) < 4.78 is 5.35. The Bertz CT molecular complexity index is 987. The van der Waals surface area contributed by atoms with Gasteiger partial charge >= 0.3 is 5.63 Å². The molecule has 0 amide bonds. The lowest BCUT2D eigenvalue weighted by Gasteiger charge is -2.20. The van der Waals surface area contributed by atoms with Crippen LogP contribution >= 0.6 is 0 Å². The highest BCUT2D eigenvalue weighted by molar-refractivity contribution is 5.84. The predicted molar refractivity (Wildman–Crippen MR) is 108 cm³/mol. The third kappa shape index (κ3) is 4.06. The molecular weight excluding hydrogens is 338 g/mol. The average molecular weight is 366 g/mol. The first-order valence-corrected chi connectivity index (χ1v) is 9.58. The summed E-state index contributed by atoms with van der Waals surface area (Å²) in [6, 6.07) is 14.1. The number of quaternary nitrogens is 1. The van der Waals surface area contributed by atoms with Crippen molar-refractivity contribution in [2.75, 3.05) is 0 Å². The fraction of sp³-hybridized carbons (Fsp3) is 0.348. The van der Waals surface area contributed by atoms with Crippen molar-refractivity contribution >= 4 is 11.0 Å². The van der Waals surface area contributed by atoms with Gasteiger partial charge in [-0.1, -0.05) is 45.0 Å². The molecule has 0 aliphatic rings. The van der Waals surface area contributed by atoms with Crippen LogP contribution in [0, 0.1) is 12.8 Å². The van der Waals surface area contributed by atoms with Crippen LogP contribution in [0.1, 0.15) is 49.1 Å². The fourth-order valence-corrected chi connectivity index (χ4v) is 3.61. The third-order valence-electron chi connectivity index (χ3n) is 5.30. The van der Waals surface area contributed by atoms with Gasteiger partial charge in [-0.15, -0.1) is 0 Å². The summed E-state index contributed by atoms with van der Waals surface area (Å²) in [5.74, 6) is 0.595. The lowest BCUT2D eigenvalue weighted by atomic mass is 9.94. The number of rotatable bonds is 6. The minimum Gasteiger partial charge on any atom is -0.508 e. The van der Waals surface area contributed by atoms with E-state index in [-0.39, 0.29) is 11.4 Å². The van der Waals surface area contributed by atoms with Gasteiger partial charge in [-0.2, -0.15) is 0 Å². The lowest BCUT2D eigenvalue weighted by Crippen LogP contribution is -2.84. The van der Waals surface area contributed by atoms with Crippen LogP contribution < -0.4 is 10.9 Å². The smallest absolute Gasteiger partial charge is 0.336 e. The molecule has 4 heteroatoms. The molecule has 3 N–H and O–H groups in total. The molecule has 3 rings (SSSR count). The molecule has 0 unspecified atom stereocenters. The Morgan fingerprint density at radius 2 is 1.81 bits per heavy atom. The number of hydrogen-bond acceptors (Lipinski definition) is 3. The molecule has 27 heavy (non-hydrogen) atoms. The van der Waals surface area contributed by atoms with Crippen LogP contribution in [-0.4, -0.2) is 5.11 Å². The molecule has 0 spiro atoms. The van der Waals surface area contributed by atoms with Crippen molar-refractivity contribution in [1.82, 2.24) is 0 Å². The molecule has 4 nitrogen and oxygen atoms in total. The number of nitrogens with two attached hydrogens (primary N) is 1. The zero-order valence-electron chi connectivity index (χ0n) is 16.5. The third-order valence-corrected chi connectivity index (χ3v) is 5.30. The quantitative estimate of drug-likeness (QED) is 0.652. The first-order chi connectivity index (χ1) is 12.9. The van der Waals surface area contributed by atoms with Crippen LogP contribution in [0.2, 0.25) is 0 Å². The molecule has 0 radical (unpaired) electrons. The summed E-state index contributed by atoms with van der Waals surface area (Å²) in [4.78, 5) is 12.0. The van der Waals surface area contributed by atoms with Crippen molar-refractivity contribution in [2.45, 2.75) is 46.7 Å². The minimum atomic E-state index is -0.381. The summed E-state index contributed by atoms with van der Waals surface area (Å²) in [7, 11) is 0. The Morgan fingerprint density at radius 3 is 2.44 bits per heavy atom. The van der Waals surface area contributed by atoms with Gasteiger partial charge in [-0.3, -0.25) is 0 Å². The zero-order chi connectivity index (χ0) is 19.6. The Morgan fingerprint density at radius 1 is 1.11 bits per heavy atom. The summed E-state index contributed by atoms with van der Waals surface area (Å²) in [5, 5.41) is 13.1. The molecule has 0 aliphatic heterocycles. The van der Waals surface area contributed by atoms with Crippen molar-refractivity contribution < 1.29 is 14.8 Å². The summed E-state index contributed by atoms with van der Waals surface area (Å²) >= 11 is 0. The van der Waals surface area contributed by atoms with Crippen molar-refractivity contribution in [3.63, 3.8) is 0 Å². The number of phenolic OH excluding ortho intramolecular Hbond substituents is 1. The second-order valence-electron chi connectivity index (χ2n) is 7.48. The average Bonchev–Trinajstić information content (AvgIpc) is 2.65. The first kappa shape index (κ1) is 19.2. The van der Waals surface area contributed by atoms with Crippen LogP contribution in [0.5, 0.6) is 5.75 Å². The van der Waals surface area contributed by atoms with Gasteiger partial charge in [0.1, 0.15) is 23.9 Å². The fourth-order valence-electron chi connectivity index (χ4n) is 3.61. The van der Waals surface area contributed by atoms with E-state index in [2.05, 4.69) is 50.4 Å². The van der Waals surface area contributed by atoms with Gasteiger partial charge in [0.05, 0.1) is 0 Å². The minimum absolute atomic E-state index is 0.142. The van der Waals surface area contributed by atoms with Crippen LogP contribution in [0.15, 0.2) is 51.7 Å². The monoisotopic (exact) mass is 366 g/mol. The van der Waals surface area contributed by atoms with E-state index in [4.69, 9.17) is 4.42 Å². The maximum Gasteiger partial charge on any atom is 0.336 e. The van der Waals surface area contributed by atoms with Crippen molar-refractivity contribution in [3.05, 3.63) is 75.1 Å². The molecular formula is C23H28NO3+. The van der Waals surface area contributed by atoms with E-state index < -0.39 is 0 Å². The Labute approximate surface area is 159 Å². The SMILES string of the molecule is CCc1ccc([C@H]([NH2+]Cc2cc(=O)oc3c(C)c(O)ccc23)C(C)C)cc1. The topological polar surface area (TPSA) is 67.0 Å². The van der Waals surface area contributed by atoms with E-state index >= 15 is 0 Å². The van der Waals surface area contributed by atoms with E-state index in [1.807, 2.05) is 6.07 Å². The van der Waals surface area contributed by atoms with E-state index in [0.717, 1.165) is 17.4 Å². The molecule has 2 aromatic carbocycles. The van der Waals surface area contributed by atoms with Gasteiger partial charge in [-0.05, 0) is 31.0 Å². The molecule has 0 aliphatic carbocycles. The Kier molecular flexibility index (Phi) is 5.66. The van der Waals surface area contributed by atoms with Gasteiger partial charge in [0.15, 0.2) is 0 Å². The Hall–Kier alpha value is -2.59. The van der Waals surface area contributed by atoms with E-state index in [1.165, 1.54) is 11.1 Å². The van der Waals surface area contributed by atoms with Crippen LogP contribution in [0.25, 0.3) is 11.0 Å². The van der Waals surface area contributed by atoms with Gasteiger partial charge in [0, 0.05) is 34.1 Å². The highest BCUT2D eigenvalue weighted by Crippen LogP contribution is 2.27. The highest BCUT2D eigenvalue weighted by Gasteiger charge is 2.20. The van der Waals surface area contributed by atoms with Gasteiger partial charge in [-0.25, -0.2) is 4.79 Å². The lowest BCUT2D eigenvalue weighted by molar-refractivity contribution is -0.716. The number of aryl methyl sites for hydroxylation is 2. The van der Waals surface area contributed by atoms with Crippen molar-refractivity contribution in [2.24, 2.45) is 5.92 Å². The number of aromatic hydroxyl groups is 1. The summed E-state index contributed by atoms with van der Waals surface area (Å²) in [6.07, 6.45) is 1.04. The number of fused-ring (bicyclic) bond motifs is 1. The first-order valence-electron chi connectivity index (χ1n) is 9.58. The van der Waals surface area contributed by atoms with Gasteiger partial charge < -0.3 is 14.8 Å². The van der Waals surface area contributed by atoms with Gasteiger partial charge in [0.2, 0.25) is 0 Å². The number of hydrogen-bond donors (Lipinski definition) is 2. The number of benzene rings is 2. The van der Waals surface area contributed by atoms with Gasteiger partial charge in [0.25, 0.3) is 0 Å². The molecule has 3 aromatic rings. The van der Waals surface area contributed by atoms with Crippen molar-refractivity contribution in [3.8, 4) is 5.75 Å². The maximum absolute atomic E-state index is 12.0. The maximum atomic E-state index is 12.0. The predicted octanol–water partition coefficient (Wildman–Crippen LogP) is 3.83. The second kappa shape index (κ2) is 7.97. The highest BCUT2D eigenvalue weighted by atomic mass is 16.4. The van der Waals surface area contributed by atoms with Crippen LogP contribution in [0.4, 0.5) is 0 Å². The second-order valence-corrected chi connectivity index (χ2v) is 7.48. The van der Waals surface area contributed by atoms with E-state index in [9.17, 15) is 9.90 Å². The molecule has 0 bridgehead atoms. The van der Waals surface area contributed by atoms with Crippen molar-refractivity contribution in [1.29, 1.82) is 0 Å².